The Kier molecular flexibility index (Phi) is 4.12. The second-order valence-corrected chi connectivity index (χ2v) is 6.74. The molecule has 1 saturated heterocycles. The minimum absolute atomic E-state index is 0.161. The SMILES string of the molecule is Cc1cc(C(=O)N2CCCC(F)(C(=O)NCC3CC3)C2)nn1C. The summed E-state index contributed by atoms with van der Waals surface area (Å²) in [7, 11) is 1.76. The number of carbonyl (C=O) groups excluding carboxylic acids is 2. The molecule has 2 heterocycles. The normalized spacial score (nSPS) is 24.6. The van der Waals surface area contributed by atoms with E-state index in [-0.39, 0.29) is 18.9 Å². The maximum Gasteiger partial charge on any atom is 0.274 e. The predicted octanol–water partition coefficient (Wildman–Crippen LogP) is 1.20. The van der Waals surface area contributed by atoms with Crippen LogP contribution in [0.2, 0.25) is 0 Å². The van der Waals surface area contributed by atoms with Crippen molar-refractivity contribution in [2.45, 2.75) is 38.3 Å². The lowest BCUT2D eigenvalue weighted by Crippen LogP contribution is -2.56. The van der Waals surface area contributed by atoms with Crippen molar-refractivity contribution in [3.05, 3.63) is 17.5 Å². The van der Waals surface area contributed by atoms with Gasteiger partial charge in [0.2, 0.25) is 5.67 Å². The summed E-state index contributed by atoms with van der Waals surface area (Å²) in [6.45, 7) is 2.65. The van der Waals surface area contributed by atoms with E-state index in [1.165, 1.54) is 4.90 Å². The second-order valence-electron chi connectivity index (χ2n) is 6.74. The maximum absolute atomic E-state index is 15.0. The summed E-state index contributed by atoms with van der Waals surface area (Å²) in [5.74, 6) is -0.398. The Labute approximate surface area is 135 Å². The van der Waals surface area contributed by atoms with E-state index < -0.39 is 11.6 Å². The summed E-state index contributed by atoms with van der Waals surface area (Å²) >= 11 is 0. The minimum Gasteiger partial charge on any atom is -0.353 e. The van der Waals surface area contributed by atoms with E-state index in [2.05, 4.69) is 10.4 Å². The molecule has 1 atom stereocenters. The Bertz CT molecular complexity index is 606. The van der Waals surface area contributed by atoms with E-state index in [0.29, 0.717) is 31.1 Å². The first-order valence-electron chi connectivity index (χ1n) is 8.16. The Morgan fingerprint density at radius 2 is 2.22 bits per heavy atom. The first kappa shape index (κ1) is 16.0. The molecule has 0 radical (unpaired) electrons. The van der Waals surface area contributed by atoms with Crippen LogP contribution in [0, 0.1) is 12.8 Å². The highest BCUT2D eigenvalue weighted by Gasteiger charge is 2.44. The van der Waals surface area contributed by atoms with Gasteiger partial charge in [0.1, 0.15) is 0 Å². The molecular weight excluding hydrogens is 299 g/mol. The van der Waals surface area contributed by atoms with Crippen molar-refractivity contribution in [3.63, 3.8) is 0 Å². The Morgan fingerprint density at radius 1 is 1.48 bits per heavy atom. The molecule has 1 aromatic rings. The molecule has 1 aliphatic heterocycles. The first-order chi connectivity index (χ1) is 10.9. The van der Waals surface area contributed by atoms with Gasteiger partial charge in [0.15, 0.2) is 5.69 Å². The van der Waals surface area contributed by atoms with Gasteiger partial charge >= 0.3 is 0 Å². The number of hydrogen-bond acceptors (Lipinski definition) is 3. The van der Waals surface area contributed by atoms with Gasteiger partial charge in [-0.1, -0.05) is 0 Å². The lowest BCUT2D eigenvalue weighted by atomic mass is 9.93. The van der Waals surface area contributed by atoms with Gasteiger partial charge in [-0.3, -0.25) is 14.3 Å². The van der Waals surface area contributed by atoms with Crippen LogP contribution in [0.25, 0.3) is 0 Å². The van der Waals surface area contributed by atoms with E-state index in [1.54, 1.807) is 17.8 Å². The zero-order valence-corrected chi connectivity index (χ0v) is 13.6. The molecule has 7 heteroatoms. The lowest BCUT2D eigenvalue weighted by Gasteiger charge is -2.36. The molecule has 3 rings (SSSR count). The van der Waals surface area contributed by atoms with Crippen LogP contribution in [0.3, 0.4) is 0 Å². The van der Waals surface area contributed by atoms with Gasteiger partial charge in [0.25, 0.3) is 11.8 Å². The number of piperidine rings is 1. The average Bonchev–Trinajstić information content (AvgIpc) is 3.29. The Hall–Kier alpha value is -1.92. The lowest BCUT2D eigenvalue weighted by molar-refractivity contribution is -0.135. The molecule has 126 valence electrons. The van der Waals surface area contributed by atoms with E-state index in [4.69, 9.17) is 0 Å². The summed E-state index contributed by atoms with van der Waals surface area (Å²) in [4.78, 5) is 26.1. The van der Waals surface area contributed by atoms with Crippen LogP contribution in [-0.4, -0.2) is 51.8 Å². The molecule has 23 heavy (non-hydrogen) atoms. The highest BCUT2D eigenvalue weighted by Crippen LogP contribution is 2.30. The zero-order valence-electron chi connectivity index (χ0n) is 13.6. The molecule has 2 amide bonds. The highest BCUT2D eigenvalue weighted by molar-refractivity contribution is 5.93. The number of aryl methyl sites for hydroxylation is 2. The van der Waals surface area contributed by atoms with Gasteiger partial charge in [0.05, 0.1) is 6.54 Å². The van der Waals surface area contributed by atoms with E-state index >= 15 is 4.39 Å². The van der Waals surface area contributed by atoms with Crippen LogP contribution in [0.15, 0.2) is 6.07 Å². The third kappa shape index (κ3) is 3.38. The van der Waals surface area contributed by atoms with Crippen LogP contribution < -0.4 is 5.32 Å². The van der Waals surface area contributed by atoms with E-state index in [0.717, 1.165) is 18.5 Å². The van der Waals surface area contributed by atoms with Crippen molar-refractivity contribution in [2.75, 3.05) is 19.6 Å². The summed E-state index contributed by atoms with van der Waals surface area (Å²) in [5, 5.41) is 6.84. The van der Waals surface area contributed by atoms with Crippen molar-refractivity contribution < 1.29 is 14.0 Å². The minimum atomic E-state index is -1.99. The number of nitrogens with one attached hydrogen (secondary N) is 1. The molecule has 1 aromatic heterocycles. The summed E-state index contributed by atoms with van der Waals surface area (Å²) in [6, 6.07) is 1.68. The monoisotopic (exact) mass is 322 g/mol. The highest BCUT2D eigenvalue weighted by atomic mass is 19.1. The van der Waals surface area contributed by atoms with Crippen LogP contribution in [-0.2, 0) is 11.8 Å². The summed E-state index contributed by atoms with van der Waals surface area (Å²) in [6.07, 6.45) is 2.84. The number of amides is 2. The average molecular weight is 322 g/mol. The quantitative estimate of drug-likeness (QED) is 0.906. The second kappa shape index (κ2) is 5.94. The molecule has 2 aliphatic rings. The predicted molar refractivity (Wildman–Crippen MR) is 82.7 cm³/mol. The van der Waals surface area contributed by atoms with Crippen molar-refractivity contribution in [2.24, 2.45) is 13.0 Å². The third-order valence-corrected chi connectivity index (χ3v) is 4.72. The Balaban J connectivity index is 1.66. The van der Waals surface area contributed by atoms with Crippen LogP contribution in [0.1, 0.15) is 41.9 Å². The zero-order chi connectivity index (χ0) is 16.6. The Morgan fingerprint density at radius 3 is 2.83 bits per heavy atom. The van der Waals surface area contributed by atoms with Gasteiger partial charge < -0.3 is 10.2 Å². The molecule has 2 fully saturated rings. The van der Waals surface area contributed by atoms with E-state index in [1.807, 2.05) is 6.92 Å². The van der Waals surface area contributed by atoms with Crippen LogP contribution in [0.5, 0.6) is 0 Å². The molecule has 6 nitrogen and oxygen atoms in total. The third-order valence-electron chi connectivity index (χ3n) is 4.72. The fraction of sp³-hybridized carbons (Fsp3) is 0.688. The van der Waals surface area contributed by atoms with Crippen molar-refractivity contribution >= 4 is 11.8 Å². The standard InChI is InChI=1S/C16H23FN4O2/c1-11-8-13(19-20(11)2)14(22)21-7-3-6-16(17,10-21)15(23)18-9-12-4-5-12/h8,12H,3-7,9-10H2,1-2H3,(H,18,23). The fourth-order valence-corrected chi connectivity index (χ4v) is 2.91. The van der Waals surface area contributed by atoms with E-state index in [9.17, 15) is 9.59 Å². The molecular formula is C16H23FN4O2. The molecule has 0 aromatic carbocycles. The first-order valence-corrected chi connectivity index (χ1v) is 8.16. The number of hydrogen-bond donors (Lipinski definition) is 1. The molecule has 1 unspecified atom stereocenters. The largest absolute Gasteiger partial charge is 0.353 e. The van der Waals surface area contributed by atoms with Crippen molar-refractivity contribution in [3.8, 4) is 0 Å². The smallest absolute Gasteiger partial charge is 0.274 e. The number of alkyl halides is 1. The summed E-state index contributed by atoms with van der Waals surface area (Å²) < 4.78 is 16.6. The summed E-state index contributed by atoms with van der Waals surface area (Å²) in [5.41, 5.74) is -0.834. The van der Waals surface area contributed by atoms with Gasteiger partial charge in [-0.15, -0.1) is 0 Å². The molecule has 0 bridgehead atoms. The number of aromatic nitrogens is 2. The molecule has 1 saturated carbocycles. The molecule has 1 N–H and O–H groups in total. The number of nitrogens with zero attached hydrogens (tertiary/aromatic N) is 3. The molecule has 0 spiro atoms. The topological polar surface area (TPSA) is 67.2 Å². The maximum atomic E-state index is 15.0. The molecule has 1 aliphatic carbocycles. The van der Waals surface area contributed by atoms with Gasteiger partial charge in [-0.05, 0) is 44.6 Å². The number of rotatable bonds is 4. The fourth-order valence-electron chi connectivity index (χ4n) is 2.91. The van der Waals surface area contributed by atoms with Crippen molar-refractivity contribution in [1.29, 1.82) is 0 Å². The number of carbonyl (C=O) groups is 2. The van der Waals surface area contributed by atoms with Crippen molar-refractivity contribution in [1.82, 2.24) is 20.0 Å². The number of halogens is 1. The van der Waals surface area contributed by atoms with Crippen LogP contribution >= 0.6 is 0 Å². The van der Waals surface area contributed by atoms with Gasteiger partial charge in [0, 0.05) is 25.8 Å². The van der Waals surface area contributed by atoms with Gasteiger partial charge in [-0.2, -0.15) is 5.10 Å². The number of likely N-dealkylation sites (tertiary alicyclic amines) is 1. The van der Waals surface area contributed by atoms with Crippen LogP contribution in [0.4, 0.5) is 4.39 Å². The van der Waals surface area contributed by atoms with Gasteiger partial charge in [-0.25, -0.2) is 4.39 Å².